The maximum absolute atomic E-state index is 13.0. The van der Waals surface area contributed by atoms with Gasteiger partial charge in [-0.3, -0.25) is 4.79 Å². The standard InChI is InChI=1S/C20H19N5O3S/c1-11-8-9-13(19-24-25-12(2)22-23-20(25)29-19)10-14(11)21-18(26)17-15(27-3)6-5-7-16(17)28-4/h5-10H,1-4H3,(H,21,26). The van der Waals surface area contributed by atoms with Crippen molar-refractivity contribution in [2.75, 3.05) is 19.5 Å². The fourth-order valence-corrected chi connectivity index (χ4v) is 3.86. The fraction of sp³-hybridized carbons (Fsp3) is 0.200. The molecule has 4 rings (SSSR count). The second-order valence-electron chi connectivity index (χ2n) is 6.37. The minimum absolute atomic E-state index is 0.312. The van der Waals surface area contributed by atoms with E-state index >= 15 is 0 Å². The number of ether oxygens (including phenoxy) is 2. The molecule has 9 heteroatoms. The number of anilines is 1. The summed E-state index contributed by atoms with van der Waals surface area (Å²) in [6.07, 6.45) is 0. The van der Waals surface area contributed by atoms with Gasteiger partial charge in [0.1, 0.15) is 22.1 Å². The molecule has 1 N–H and O–H groups in total. The molecule has 1 amide bonds. The molecule has 148 valence electrons. The Morgan fingerprint density at radius 2 is 1.79 bits per heavy atom. The molecule has 0 aliphatic heterocycles. The Morgan fingerprint density at radius 1 is 1.07 bits per heavy atom. The summed E-state index contributed by atoms with van der Waals surface area (Å²) in [7, 11) is 3.04. The van der Waals surface area contributed by atoms with E-state index in [0.717, 1.165) is 26.9 Å². The molecule has 0 bridgehead atoms. The molecule has 0 saturated carbocycles. The summed E-state index contributed by atoms with van der Waals surface area (Å²) in [4.78, 5) is 13.7. The Labute approximate surface area is 171 Å². The number of hydrogen-bond acceptors (Lipinski definition) is 7. The SMILES string of the molecule is COc1cccc(OC)c1C(=O)Nc1cc(-c2nn3c(C)nnc3s2)ccc1C. The Morgan fingerprint density at radius 3 is 2.45 bits per heavy atom. The van der Waals surface area contributed by atoms with E-state index < -0.39 is 0 Å². The van der Waals surface area contributed by atoms with Crippen LogP contribution < -0.4 is 14.8 Å². The average Bonchev–Trinajstić information content (AvgIpc) is 3.31. The number of hydrogen-bond donors (Lipinski definition) is 1. The van der Waals surface area contributed by atoms with E-state index in [9.17, 15) is 4.79 Å². The first-order chi connectivity index (χ1) is 14.0. The Hall–Kier alpha value is -3.46. The first-order valence-electron chi connectivity index (χ1n) is 8.84. The number of aromatic nitrogens is 4. The topological polar surface area (TPSA) is 90.6 Å². The highest BCUT2D eigenvalue weighted by Gasteiger charge is 2.19. The van der Waals surface area contributed by atoms with Gasteiger partial charge in [-0.1, -0.05) is 29.5 Å². The molecule has 0 aliphatic carbocycles. The largest absolute Gasteiger partial charge is 0.496 e. The monoisotopic (exact) mass is 409 g/mol. The summed E-state index contributed by atoms with van der Waals surface area (Å²) < 4.78 is 12.4. The fourth-order valence-electron chi connectivity index (χ4n) is 2.98. The van der Waals surface area contributed by atoms with Crippen molar-refractivity contribution in [1.82, 2.24) is 19.8 Å². The van der Waals surface area contributed by atoms with Crippen molar-refractivity contribution in [3.8, 4) is 22.1 Å². The Balaban J connectivity index is 1.69. The molecule has 0 radical (unpaired) electrons. The van der Waals surface area contributed by atoms with Gasteiger partial charge in [-0.05, 0) is 37.6 Å². The number of nitrogens with one attached hydrogen (secondary N) is 1. The molecule has 4 aromatic rings. The number of nitrogens with zero attached hydrogens (tertiary/aromatic N) is 4. The molecule has 8 nitrogen and oxygen atoms in total. The summed E-state index contributed by atoms with van der Waals surface area (Å²) in [5, 5.41) is 16.4. The maximum atomic E-state index is 13.0. The van der Waals surface area contributed by atoms with Crippen molar-refractivity contribution in [2.24, 2.45) is 0 Å². The van der Waals surface area contributed by atoms with Crippen LogP contribution in [0.3, 0.4) is 0 Å². The summed E-state index contributed by atoms with van der Waals surface area (Å²) in [6, 6.07) is 11.0. The Kier molecular flexibility index (Phi) is 4.89. The van der Waals surface area contributed by atoms with Gasteiger partial charge in [0.25, 0.3) is 5.91 Å². The zero-order valence-corrected chi connectivity index (χ0v) is 17.2. The summed E-state index contributed by atoms with van der Waals surface area (Å²) in [5.41, 5.74) is 2.84. The lowest BCUT2D eigenvalue weighted by atomic mass is 10.1. The predicted molar refractivity (Wildman–Crippen MR) is 111 cm³/mol. The maximum Gasteiger partial charge on any atom is 0.263 e. The number of carbonyl (C=O) groups is 1. The number of methoxy groups -OCH3 is 2. The zero-order chi connectivity index (χ0) is 20.5. The normalized spacial score (nSPS) is 10.9. The van der Waals surface area contributed by atoms with Gasteiger partial charge in [0.2, 0.25) is 4.96 Å². The van der Waals surface area contributed by atoms with Crippen LogP contribution in [-0.4, -0.2) is 39.9 Å². The van der Waals surface area contributed by atoms with Crippen LogP contribution in [0, 0.1) is 13.8 Å². The lowest BCUT2D eigenvalue weighted by Gasteiger charge is -2.14. The van der Waals surface area contributed by atoms with Gasteiger partial charge in [-0.2, -0.15) is 9.61 Å². The molecule has 0 spiro atoms. The predicted octanol–water partition coefficient (Wildman–Crippen LogP) is 3.74. The smallest absolute Gasteiger partial charge is 0.263 e. The summed E-state index contributed by atoms with van der Waals surface area (Å²) in [6.45, 7) is 3.78. The highest BCUT2D eigenvalue weighted by molar-refractivity contribution is 7.19. The molecule has 0 aliphatic rings. The second kappa shape index (κ2) is 7.51. The van der Waals surface area contributed by atoms with Crippen LogP contribution in [0.1, 0.15) is 21.7 Å². The third kappa shape index (κ3) is 3.40. The van der Waals surface area contributed by atoms with Crippen LogP contribution in [0.4, 0.5) is 5.69 Å². The highest BCUT2D eigenvalue weighted by atomic mass is 32.1. The zero-order valence-electron chi connectivity index (χ0n) is 16.4. The minimum Gasteiger partial charge on any atom is -0.496 e. The van der Waals surface area contributed by atoms with Crippen LogP contribution in [-0.2, 0) is 0 Å². The van der Waals surface area contributed by atoms with Crippen molar-refractivity contribution < 1.29 is 14.3 Å². The van der Waals surface area contributed by atoms with Gasteiger partial charge < -0.3 is 14.8 Å². The van der Waals surface area contributed by atoms with Gasteiger partial charge in [0.05, 0.1) is 14.2 Å². The van der Waals surface area contributed by atoms with E-state index in [2.05, 4.69) is 20.6 Å². The van der Waals surface area contributed by atoms with Crippen LogP contribution in [0.2, 0.25) is 0 Å². The van der Waals surface area contributed by atoms with E-state index in [-0.39, 0.29) is 5.91 Å². The molecule has 0 unspecified atom stereocenters. The van der Waals surface area contributed by atoms with Crippen LogP contribution in [0.15, 0.2) is 36.4 Å². The first kappa shape index (κ1) is 18.9. The van der Waals surface area contributed by atoms with Gasteiger partial charge >= 0.3 is 0 Å². The number of rotatable bonds is 5. The lowest BCUT2D eigenvalue weighted by Crippen LogP contribution is -2.15. The molecule has 2 aromatic heterocycles. The van der Waals surface area contributed by atoms with Crippen LogP contribution in [0.5, 0.6) is 11.5 Å². The lowest BCUT2D eigenvalue weighted by molar-refractivity contribution is 0.102. The van der Waals surface area contributed by atoms with E-state index in [0.29, 0.717) is 22.7 Å². The van der Waals surface area contributed by atoms with Crippen molar-refractivity contribution in [3.05, 3.63) is 53.3 Å². The third-order valence-corrected chi connectivity index (χ3v) is 5.48. The number of aryl methyl sites for hydroxylation is 2. The number of amides is 1. The van der Waals surface area contributed by atoms with Crippen LogP contribution >= 0.6 is 11.3 Å². The van der Waals surface area contributed by atoms with Crippen molar-refractivity contribution in [2.45, 2.75) is 13.8 Å². The van der Waals surface area contributed by atoms with Gasteiger partial charge in [-0.15, -0.1) is 10.2 Å². The van der Waals surface area contributed by atoms with Gasteiger partial charge in [0, 0.05) is 11.3 Å². The molecule has 2 aromatic carbocycles. The number of carbonyl (C=O) groups excluding carboxylic acids is 1. The summed E-state index contributed by atoms with van der Waals surface area (Å²) in [5.74, 6) is 1.31. The van der Waals surface area contributed by atoms with Crippen molar-refractivity contribution in [3.63, 3.8) is 0 Å². The molecular weight excluding hydrogens is 390 g/mol. The molecule has 0 fully saturated rings. The molecular formula is C20H19N5O3S. The Bertz CT molecular complexity index is 1190. The quantitative estimate of drug-likeness (QED) is 0.540. The molecule has 2 heterocycles. The molecule has 0 atom stereocenters. The summed E-state index contributed by atoms with van der Waals surface area (Å²) >= 11 is 1.44. The van der Waals surface area contributed by atoms with Crippen LogP contribution in [0.25, 0.3) is 15.5 Å². The third-order valence-electron chi connectivity index (χ3n) is 4.53. The minimum atomic E-state index is -0.312. The molecule has 0 saturated heterocycles. The van der Waals surface area contributed by atoms with Gasteiger partial charge in [-0.25, -0.2) is 0 Å². The number of benzene rings is 2. The second-order valence-corrected chi connectivity index (χ2v) is 7.33. The molecule has 29 heavy (non-hydrogen) atoms. The first-order valence-corrected chi connectivity index (χ1v) is 9.65. The van der Waals surface area contributed by atoms with E-state index in [1.807, 2.05) is 32.0 Å². The average molecular weight is 409 g/mol. The highest BCUT2D eigenvalue weighted by Crippen LogP contribution is 2.32. The van der Waals surface area contributed by atoms with Gasteiger partial charge in [0.15, 0.2) is 5.82 Å². The number of fused-ring (bicyclic) bond motifs is 1. The van der Waals surface area contributed by atoms with E-state index in [4.69, 9.17) is 9.47 Å². The van der Waals surface area contributed by atoms with Crippen molar-refractivity contribution >= 4 is 27.9 Å². The van der Waals surface area contributed by atoms with Crippen molar-refractivity contribution in [1.29, 1.82) is 0 Å². The van der Waals surface area contributed by atoms with E-state index in [1.165, 1.54) is 25.6 Å². The van der Waals surface area contributed by atoms with E-state index in [1.54, 1.807) is 22.7 Å².